The van der Waals surface area contributed by atoms with Crippen molar-refractivity contribution in [2.45, 2.75) is 154 Å². The van der Waals surface area contributed by atoms with Gasteiger partial charge in [0.15, 0.2) is 5.78 Å². The fourth-order valence-corrected chi connectivity index (χ4v) is 8.02. The second-order valence-corrected chi connectivity index (χ2v) is 16.3. The lowest BCUT2D eigenvalue weighted by atomic mass is 9.85. The minimum absolute atomic E-state index is 0.0115. The Morgan fingerprint density at radius 1 is 0.827 bits per heavy atom. The average Bonchev–Trinajstić information content (AvgIpc) is 3.13. The molecule has 0 radical (unpaired) electrons. The second-order valence-electron chi connectivity index (χ2n) is 16.3. The van der Waals surface area contributed by atoms with Gasteiger partial charge in [-0.25, -0.2) is 16.5 Å². The van der Waals surface area contributed by atoms with Crippen LogP contribution in [-0.2, 0) is 28.8 Å². The zero-order valence-corrected chi connectivity index (χ0v) is 32.6. The molecule has 0 aliphatic heterocycles. The van der Waals surface area contributed by atoms with Gasteiger partial charge in [-0.15, -0.1) is 0 Å². The Bertz CT molecular complexity index is 1190. The number of nitrogens with zero attached hydrogens (tertiary/aromatic N) is 4. The highest BCUT2D eigenvalue weighted by atomic mass is 16.7. The molecular formula is C37H68N8O7. The number of ether oxygens (including phenoxy) is 1. The highest BCUT2D eigenvalue weighted by Crippen LogP contribution is 2.30. The van der Waals surface area contributed by atoms with Crippen LogP contribution >= 0.6 is 0 Å². The maximum Gasteiger partial charge on any atom is 0.348 e. The van der Waals surface area contributed by atoms with Gasteiger partial charge in [0.1, 0.15) is 0 Å². The Labute approximate surface area is 310 Å². The smallest absolute Gasteiger partial charge is 0.348 e. The molecule has 3 rings (SSSR count). The van der Waals surface area contributed by atoms with E-state index in [1.807, 2.05) is 27.7 Å². The lowest BCUT2D eigenvalue weighted by molar-refractivity contribution is -0.150. The number of Topliss-reactive ketones (excluding diaryl/α,β-unsaturated/α-hetero) is 1. The van der Waals surface area contributed by atoms with Crippen LogP contribution in [0.4, 0.5) is 4.79 Å². The number of nitrogens with one attached hydrogen (secondary N) is 1. The number of amides is 4. The van der Waals surface area contributed by atoms with Crippen LogP contribution in [-0.4, -0.2) is 112 Å². The van der Waals surface area contributed by atoms with Crippen LogP contribution < -0.4 is 22.9 Å². The van der Waals surface area contributed by atoms with Crippen molar-refractivity contribution in [3.8, 4) is 0 Å². The Morgan fingerprint density at radius 3 is 2.08 bits per heavy atom. The van der Waals surface area contributed by atoms with Gasteiger partial charge in [0.2, 0.25) is 11.8 Å². The third-order valence-corrected chi connectivity index (χ3v) is 11.6. The number of ketones is 1. The molecule has 0 spiro atoms. The summed E-state index contributed by atoms with van der Waals surface area (Å²) in [6.45, 7) is 9.78. The fourth-order valence-electron chi connectivity index (χ4n) is 8.02. The maximum absolute atomic E-state index is 13.9. The van der Waals surface area contributed by atoms with E-state index in [1.165, 1.54) is 19.8 Å². The first-order valence-electron chi connectivity index (χ1n) is 19.5. The molecule has 0 bridgehead atoms. The van der Waals surface area contributed by atoms with Gasteiger partial charge in [0.25, 0.3) is 0 Å². The monoisotopic (exact) mass is 737 g/mol. The maximum atomic E-state index is 13.9. The first kappa shape index (κ1) is 43.6. The minimum atomic E-state index is -0.953. The van der Waals surface area contributed by atoms with E-state index >= 15 is 0 Å². The van der Waals surface area contributed by atoms with E-state index in [0.29, 0.717) is 51.0 Å². The summed E-state index contributed by atoms with van der Waals surface area (Å²) in [5.41, 5.74) is -0.953. The number of urea groups is 1. The van der Waals surface area contributed by atoms with E-state index in [0.717, 1.165) is 44.9 Å². The normalized spacial score (nSPS) is 25.3. The molecule has 4 atom stereocenters. The quantitative estimate of drug-likeness (QED) is 0.0970. The van der Waals surface area contributed by atoms with Gasteiger partial charge in [0.05, 0.1) is 49.2 Å². The summed E-state index contributed by atoms with van der Waals surface area (Å²) in [6.07, 6.45) is 10.4. The van der Waals surface area contributed by atoms with Crippen LogP contribution in [0.1, 0.15) is 125 Å². The molecule has 0 aromatic rings. The molecule has 3 fully saturated rings. The predicted molar refractivity (Wildman–Crippen MR) is 197 cm³/mol. The molecule has 15 nitrogen and oxygen atoms in total. The number of hydrogen-bond acceptors (Lipinski definition) is 11. The molecule has 4 amide bonds. The van der Waals surface area contributed by atoms with Crippen molar-refractivity contribution in [2.75, 3.05) is 33.3 Å². The Hall–Kier alpha value is -2.85. The zero-order chi connectivity index (χ0) is 38.6. The van der Waals surface area contributed by atoms with Crippen molar-refractivity contribution in [2.24, 2.45) is 35.3 Å². The highest BCUT2D eigenvalue weighted by molar-refractivity contribution is 5.93. The second kappa shape index (κ2) is 20.6. The van der Waals surface area contributed by atoms with Gasteiger partial charge in [-0.3, -0.25) is 29.2 Å². The molecule has 3 aliphatic rings. The highest BCUT2D eigenvalue weighted by Gasteiger charge is 2.39. The molecule has 298 valence electrons. The summed E-state index contributed by atoms with van der Waals surface area (Å²) in [5.74, 6) is 16.4. The summed E-state index contributed by atoms with van der Waals surface area (Å²) < 4.78 is 5.62. The van der Waals surface area contributed by atoms with E-state index in [-0.39, 0.29) is 79.8 Å². The van der Waals surface area contributed by atoms with Gasteiger partial charge in [-0.05, 0) is 83.5 Å². The first-order chi connectivity index (χ1) is 24.6. The van der Waals surface area contributed by atoms with Crippen LogP contribution in [0.15, 0.2) is 0 Å². The van der Waals surface area contributed by atoms with Gasteiger partial charge in [-0.1, -0.05) is 46.5 Å². The molecule has 52 heavy (non-hydrogen) atoms. The van der Waals surface area contributed by atoms with Crippen LogP contribution in [0.3, 0.4) is 0 Å². The lowest BCUT2D eigenvalue weighted by Gasteiger charge is -2.41. The summed E-state index contributed by atoms with van der Waals surface area (Å²) in [5, 5.41) is 6.14. The van der Waals surface area contributed by atoms with Gasteiger partial charge in [-0.2, -0.15) is 5.90 Å². The average molecular weight is 737 g/mol. The SMILES string of the molecule is COC1CCCCC1C(=O)N(CCC(=O)ON)CC(=O)N(CCC(C)C)CC(=O)C(C)(C)NC1CCC(N(N)C(=O)N(N)C2CCCCC2C)CC1. The molecule has 0 aromatic heterocycles. The number of nitrogens with two attached hydrogens (primary N) is 3. The summed E-state index contributed by atoms with van der Waals surface area (Å²) in [4.78, 5) is 74.0. The number of carbonyl (C=O) groups is 5. The molecule has 0 aromatic carbocycles. The summed E-state index contributed by atoms with van der Waals surface area (Å²) in [6, 6.07) is -0.495. The Morgan fingerprint density at radius 2 is 1.46 bits per heavy atom. The van der Waals surface area contributed by atoms with Crippen LogP contribution in [0.25, 0.3) is 0 Å². The third-order valence-electron chi connectivity index (χ3n) is 11.6. The Balaban J connectivity index is 1.63. The number of rotatable bonds is 17. The number of hydrazine groups is 2. The number of hydrogen-bond donors (Lipinski definition) is 4. The largest absolute Gasteiger partial charge is 0.381 e. The van der Waals surface area contributed by atoms with E-state index in [2.05, 4.69) is 17.1 Å². The zero-order valence-electron chi connectivity index (χ0n) is 32.6. The van der Waals surface area contributed by atoms with Crippen molar-refractivity contribution < 1.29 is 33.5 Å². The van der Waals surface area contributed by atoms with Gasteiger partial charge in [0, 0.05) is 26.2 Å². The molecule has 0 heterocycles. The van der Waals surface area contributed by atoms with E-state index in [9.17, 15) is 24.0 Å². The van der Waals surface area contributed by atoms with Crippen molar-refractivity contribution >= 4 is 29.6 Å². The van der Waals surface area contributed by atoms with Crippen molar-refractivity contribution in [1.82, 2.24) is 25.1 Å². The number of methoxy groups -OCH3 is 1. The first-order valence-corrected chi connectivity index (χ1v) is 19.5. The minimum Gasteiger partial charge on any atom is -0.381 e. The standard InChI is InChI=1S/C37H68N8O7/c1-25(2)19-21-42(33(47)24-43(22-20-34(48)52-40)35(49)29-12-8-10-14-31(29)51-6)23-32(46)37(4,5)41-27-15-17-28(18-16-27)44(38)36(50)45(39)30-13-9-7-11-26(30)3/h25-31,41H,7-24,38-40H2,1-6H3. The van der Waals surface area contributed by atoms with E-state index in [4.69, 9.17) is 22.3 Å². The van der Waals surface area contributed by atoms with Crippen LogP contribution in [0.5, 0.6) is 0 Å². The molecule has 3 saturated carbocycles. The van der Waals surface area contributed by atoms with Crippen molar-refractivity contribution in [1.29, 1.82) is 0 Å². The topological polar surface area (TPSA) is 207 Å². The van der Waals surface area contributed by atoms with Crippen LogP contribution in [0, 0.1) is 17.8 Å². The van der Waals surface area contributed by atoms with Gasteiger partial charge < -0.3 is 24.7 Å². The third kappa shape index (κ3) is 12.4. The molecular weight excluding hydrogens is 668 g/mol. The van der Waals surface area contributed by atoms with Crippen molar-refractivity contribution in [3.05, 3.63) is 0 Å². The summed E-state index contributed by atoms with van der Waals surface area (Å²) >= 11 is 0. The fraction of sp³-hybridized carbons (Fsp3) is 0.865. The molecule has 4 unspecified atom stereocenters. The van der Waals surface area contributed by atoms with Crippen LogP contribution in [0.2, 0.25) is 0 Å². The van der Waals surface area contributed by atoms with Gasteiger partial charge >= 0.3 is 12.0 Å². The van der Waals surface area contributed by atoms with E-state index in [1.54, 1.807) is 7.11 Å². The van der Waals surface area contributed by atoms with E-state index < -0.39 is 17.4 Å². The molecule has 3 aliphatic carbocycles. The molecule has 0 saturated heterocycles. The number of carbonyl (C=O) groups excluding carboxylic acids is 5. The van der Waals surface area contributed by atoms with Crippen molar-refractivity contribution in [3.63, 3.8) is 0 Å². The summed E-state index contributed by atoms with van der Waals surface area (Å²) in [7, 11) is 1.58. The molecule has 7 N–H and O–H groups in total. The Kier molecular flexibility index (Phi) is 17.2. The lowest BCUT2D eigenvalue weighted by Crippen LogP contribution is -2.60. The molecule has 15 heteroatoms. The predicted octanol–water partition coefficient (Wildman–Crippen LogP) is 3.00.